The molecule has 1 amide bonds. The molecule has 396 valence electrons. The Labute approximate surface area is 440 Å². The minimum Gasteiger partial charge on any atom is -0.459 e. The quantitative estimate of drug-likeness (QED) is 0.0241. The van der Waals surface area contributed by atoms with E-state index in [0.717, 1.165) is 41.5 Å². The van der Waals surface area contributed by atoms with Crippen molar-refractivity contribution in [3.05, 3.63) is 179 Å². The fraction of sp³-hybridized carbons (Fsp3) is 0.476. The molecule has 0 aromatic heterocycles. The second-order valence-electron chi connectivity index (χ2n) is 20.0. The summed E-state index contributed by atoms with van der Waals surface area (Å²) in [4.78, 5) is 43.3. The Balaban J connectivity index is 1.16. The molecular formula is C63H79NO10. The van der Waals surface area contributed by atoms with Crippen molar-refractivity contribution in [1.29, 1.82) is 0 Å². The number of rotatable bonds is 31. The van der Waals surface area contributed by atoms with E-state index in [0.29, 0.717) is 38.0 Å². The summed E-state index contributed by atoms with van der Waals surface area (Å²) in [5.41, 5.74) is 4.17. The van der Waals surface area contributed by atoms with Gasteiger partial charge < -0.3 is 33.2 Å². The van der Waals surface area contributed by atoms with Gasteiger partial charge in [-0.3, -0.25) is 4.90 Å². The lowest BCUT2D eigenvalue weighted by Gasteiger charge is -2.46. The third-order valence-corrected chi connectivity index (χ3v) is 14.5. The highest BCUT2D eigenvalue weighted by molar-refractivity contribution is 5.89. The smallest absolute Gasteiger partial charge is 0.459 e. The van der Waals surface area contributed by atoms with Gasteiger partial charge in [-0.1, -0.05) is 224 Å². The van der Waals surface area contributed by atoms with Gasteiger partial charge in [0.15, 0.2) is 6.10 Å². The van der Waals surface area contributed by atoms with Crippen molar-refractivity contribution in [3.8, 4) is 0 Å². The summed E-state index contributed by atoms with van der Waals surface area (Å²) in [7, 11) is 0. The zero-order chi connectivity index (χ0) is 51.6. The van der Waals surface area contributed by atoms with Crippen LogP contribution in [0.4, 0.5) is 9.59 Å². The van der Waals surface area contributed by atoms with Crippen LogP contribution in [-0.4, -0.2) is 72.4 Å². The molecule has 0 aliphatic carbocycles. The first-order valence-electron chi connectivity index (χ1n) is 27.4. The van der Waals surface area contributed by atoms with Gasteiger partial charge in [0, 0.05) is 12.5 Å². The molecule has 11 heteroatoms. The first-order chi connectivity index (χ1) is 36.4. The van der Waals surface area contributed by atoms with Crippen molar-refractivity contribution in [3.63, 3.8) is 0 Å². The van der Waals surface area contributed by atoms with Gasteiger partial charge in [-0.05, 0) is 60.1 Å². The summed E-state index contributed by atoms with van der Waals surface area (Å²) in [6.07, 6.45) is 10.8. The van der Waals surface area contributed by atoms with Crippen molar-refractivity contribution < 1.29 is 47.5 Å². The highest BCUT2D eigenvalue weighted by Crippen LogP contribution is 2.37. The van der Waals surface area contributed by atoms with E-state index in [4.69, 9.17) is 33.2 Å². The molecule has 2 aliphatic rings. The van der Waals surface area contributed by atoms with E-state index in [9.17, 15) is 14.4 Å². The maximum Gasteiger partial charge on any atom is 0.509 e. The van der Waals surface area contributed by atoms with Gasteiger partial charge in [-0.25, -0.2) is 14.4 Å². The maximum atomic E-state index is 14.8. The van der Waals surface area contributed by atoms with Crippen molar-refractivity contribution in [1.82, 2.24) is 4.90 Å². The molecule has 0 saturated carbocycles. The van der Waals surface area contributed by atoms with Gasteiger partial charge >= 0.3 is 18.2 Å². The Morgan fingerprint density at radius 2 is 1.01 bits per heavy atom. The van der Waals surface area contributed by atoms with Crippen molar-refractivity contribution in [2.45, 2.75) is 179 Å². The zero-order valence-electron chi connectivity index (χ0n) is 43.7. The molecule has 2 heterocycles. The number of ether oxygens (including phenoxy) is 7. The number of nitrogens with zero attached hydrogens (tertiary/aromatic N) is 1. The molecular weight excluding hydrogens is 931 g/mol. The lowest BCUT2D eigenvalue weighted by molar-refractivity contribution is -0.239. The van der Waals surface area contributed by atoms with Crippen molar-refractivity contribution in [2.75, 3.05) is 6.61 Å². The van der Waals surface area contributed by atoms with Gasteiger partial charge in [-0.15, -0.1) is 0 Å². The standard InChI is InChI=1S/C63H79NO10/c1-3-4-5-6-7-8-9-10-11-12-13-29-40-55-59(74-63(67)73-55)54(64(43-49-30-19-14-20-31-49)62(66)71-46-52-36-25-17-26-37-52)41-42-56-60(69-45-51-34-23-16-24-35-51)58(68-44-50-32-21-15-22-33-50)48(2)57(72-56)47-70-61(65)53-38-27-18-28-39-53/h14-28,30-39,48,54-60H,3-13,29,40-47H2,1-2H3/t48-,54-,55?,56+,57?,58+,59-,60?/m0/s1. The van der Waals surface area contributed by atoms with Crippen molar-refractivity contribution >= 4 is 18.2 Å². The molecule has 74 heavy (non-hydrogen) atoms. The number of carbonyl (C=O) groups excluding carboxylic acids is 3. The van der Waals surface area contributed by atoms with Crippen LogP contribution in [0, 0.1) is 5.92 Å². The van der Waals surface area contributed by atoms with Crippen LogP contribution in [0.3, 0.4) is 0 Å². The van der Waals surface area contributed by atoms with Gasteiger partial charge in [0.25, 0.3) is 0 Å². The van der Waals surface area contributed by atoms with E-state index in [1.807, 2.05) is 127 Å². The molecule has 0 N–H and O–H groups in total. The summed E-state index contributed by atoms with van der Waals surface area (Å²) in [5, 5.41) is 0. The largest absolute Gasteiger partial charge is 0.509 e. The molecule has 0 radical (unpaired) electrons. The molecule has 2 saturated heterocycles. The summed E-state index contributed by atoms with van der Waals surface area (Å²) >= 11 is 0. The minimum atomic E-state index is -0.804. The first kappa shape index (κ1) is 55.7. The van der Waals surface area contributed by atoms with E-state index in [1.54, 1.807) is 29.2 Å². The molecule has 2 fully saturated rings. The van der Waals surface area contributed by atoms with Gasteiger partial charge in [0.1, 0.15) is 25.4 Å². The Hall–Kier alpha value is -6.01. The average molecular weight is 1010 g/mol. The molecule has 7 rings (SSSR count). The third-order valence-electron chi connectivity index (χ3n) is 14.5. The van der Waals surface area contributed by atoms with Crippen molar-refractivity contribution in [2.24, 2.45) is 5.92 Å². The molecule has 2 aliphatic heterocycles. The van der Waals surface area contributed by atoms with E-state index in [2.05, 4.69) is 13.8 Å². The highest BCUT2D eigenvalue weighted by Gasteiger charge is 2.49. The molecule has 8 atom stereocenters. The molecule has 11 nitrogen and oxygen atoms in total. The maximum absolute atomic E-state index is 14.8. The van der Waals surface area contributed by atoms with Crippen LogP contribution < -0.4 is 0 Å². The minimum absolute atomic E-state index is 0.0213. The summed E-state index contributed by atoms with van der Waals surface area (Å²) in [6.45, 7) is 5.15. The molecule has 0 bridgehead atoms. The number of amides is 1. The van der Waals surface area contributed by atoms with Crippen LogP contribution in [-0.2, 0) is 59.5 Å². The molecule has 5 aromatic carbocycles. The number of hydrogen-bond donors (Lipinski definition) is 0. The predicted octanol–water partition coefficient (Wildman–Crippen LogP) is 14.4. The molecule has 0 spiro atoms. The van der Waals surface area contributed by atoms with Crippen LogP contribution in [0.2, 0.25) is 0 Å². The monoisotopic (exact) mass is 1010 g/mol. The van der Waals surface area contributed by atoms with Crippen LogP contribution >= 0.6 is 0 Å². The summed E-state index contributed by atoms with van der Waals surface area (Å²) in [5.74, 6) is -0.725. The van der Waals surface area contributed by atoms with Crippen LogP contribution in [0.15, 0.2) is 152 Å². The molecule has 5 aromatic rings. The van der Waals surface area contributed by atoms with Gasteiger partial charge in [0.2, 0.25) is 0 Å². The zero-order valence-corrected chi connectivity index (χ0v) is 43.7. The second-order valence-corrected chi connectivity index (χ2v) is 20.0. The van der Waals surface area contributed by atoms with Crippen LogP contribution in [0.1, 0.15) is 143 Å². The number of hydrogen-bond acceptors (Lipinski definition) is 10. The number of unbranched alkanes of at least 4 members (excludes halogenated alkanes) is 11. The van der Waals surface area contributed by atoms with E-state index < -0.39 is 60.9 Å². The number of carbonyl (C=O) groups is 3. The average Bonchev–Trinajstić information content (AvgIpc) is 3.81. The number of benzene rings is 5. The SMILES string of the molecule is CCCCCCCCCCCCCCC1OC(=O)O[C@H]1[C@H](CC[C@H]1OC(COC(=O)c2ccccc2)[C@H](C)[C@@H](OCc2ccccc2)C1OCc1ccccc1)N(Cc1ccccc1)C(=O)OCc1ccccc1. The normalized spacial score (nSPS) is 20.8. The predicted molar refractivity (Wildman–Crippen MR) is 287 cm³/mol. The molecule has 3 unspecified atom stereocenters. The van der Waals surface area contributed by atoms with Crippen LogP contribution in [0.5, 0.6) is 0 Å². The summed E-state index contributed by atoms with van der Waals surface area (Å²) < 4.78 is 45.2. The Morgan fingerprint density at radius 3 is 1.57 bits per heavy atom. The Bertz CT molecular complexity index is 2340. The second kappa shape index (κ2) is 31.0. The third kappa shape index (κ3) is 17.8. The fourth-order valence-corrected chi connectivity index (χ4v) is 10.2. The lowest BCUT2D eigenvalue weighted by atomic mass is 9.85. The Kier molecular flexibility index (Phi) is 23.4. The number of cyclic esters (lactones) is 2. The first-order valence-corrected chi connectivity index (χ1v) is 27.4. The fourth-order valence-electron chi connectivity index (χ4n) is 10.2. The van der Waals surface area contributed by atoms with E-state index >= 15 is 0 Å². The lowest BCUT2D eigenvalue weighted by Crippen LogP contribution is -2.57. The summed E-state index contributed by atoms with van der Waals surface area (Å²) in [6, 6.07) is 47.6. The van der Waals surface area contributed by atoms with Gasteiger partial charge in [-0.2, -0.15) is 0 Å². The highest BCUT2D eigenvalue weighted by atomic mass is 16.8. The Morgan fingerprint density at radius 1 is 0.527 bits per heavy atom. The van der Waals surface area contributed by atoms with E-state index in [-0.39, 0.29) is 25.7 Å². The van der Waals surface area contributed by atoms with Crippen LogP contribution in [0.25, 0.3) is 0 Å². The van der Waals surface area contributed by atoms with E-state index in [1.165, 1.54) is 57.8 Å². The number of esters is 1. The topological polar surface area (TPSA) is 119 Å². The van der Waals surface area contributed by atoms with Gasteiger partial charge in [0.05, 0.1) is 43.1 Å².